The lowest BCUT2D eigenvalue weighted by molar-refractivity contribution is -0.118. The van der Waals surface area contributed by atoms with Crippen molar-refractivity contribution in [1.82, 2.24) is 14.9 Å². The molecule has 0 unspecified atom stereocenters. The molecule has 3 rings (SSSR count). The molecule has 0 saturated carbocycles. The van der Waals surface area contributed by atoms with Crippen LogP contribution >= 0.6 is 23.4 Å². The number of rotatable bonds is 8. The minimum absolute atomic E-state index is 0.0420. The van der Waals surface area contributed by atoms with Gasteiger partial charge >= 0.3 is 0 Å². The Bertz CT molecular complexity index is 984. The van der Waals surface area contributed by atoms with E-state index in [1.54, 1.807) is 6.20 Å². The van der Waals surface area contributed by atoms with Crippen molar-refractivity contribution in [1.29, 1.82) is 0 Å². The number of halogens is 1. The monoisotopic (exact) mass is 427 g/mol. The van der Waals surface area contributed by atoms with Gasteiger partial charge in [-0.2, -0.15) is 0 Å². The van der Waals surface area contributed by atoms with Gasteiger partial charge in [0.2, 0.25) is 5.91 Å². The first-order valence-electron chi connectivity index (χ1n) is 9.27. The van der Waals surface area contributed by atoms with Crippen LogP contribution in [0, 0.1) is 0 Å². The lowest BCUT2D eigenvalue weighted by Crippen LogP contribution is -2.22. The van der Waals surface area contributed by atoms with E-state index < -0.39 is 0 Å². The molecule has 0 aliphatic heterocycles. The highest BCUT2D eigenvalue weighted by atomic mass is 35.5. The van der Waals surface area contributed by atoms with Crippen LogP contribution in [0.2, 0.25) is 5.02 Å². The third-order valence-corrected chi connectivity index (χ3v) is 5.72. The molecule has 1 atom stereocenters. The third kappa shape index (κ3) is 5.71. The summed E-state index contributed by atoms with van der Waals surface area (Å²) in [6.45, 7) is 3.97. The lowest BCUT2D eigenvalue weighted by Gasteiger charge is -2.12. The molecule has 2 aromatic carbocycles. The van der Waals surface area contributed by atoms with E-state index in [9.17, 15) is 9.59 Å². The number of aromatic nitrogens is 2. The van der Waals surface area contributed by atoms with Gasteiger partial charge in [0, 0.05) is 42.1 Å². The van der Waals surface area contributed by atoms with Gasteiger partial charge in [0.1, 0.15) is 0 Å². The van der Waals surface area contributed by atoms with Crippen molar-refractivity contribution >= 4 is 35.1 Å². The molecule has 1 aromatic heterocycles. The smallest absolute Gasteiger partial charge is 0.216 e. The molecule has 0 saturated heterocycles. The third-order valence-electron chi connectivity index (χ3n) is 4.39. The van der Waals surface area contributed by atoms with Gasteiger partial charge in [-0.05, 0) is 43.2 Å². The standard InChI is InChI=1S/C22H22ClN3O2S/c1-15(21(28)18-5-3-17(4-6-18)11-12-24-16(2)27)29-22-25-13-14-26(22)20-9-7-19(23)8-10-20/h3-10,13-15H,11-12H2,1-2H3,(H,24,27)/t15-/m1/s1. The number of imidazole rings is 1. The molecule has 150 valence electrons. The molecular formula is C22H22ClN3O2S. The quantitative estimate of drug-likeness (QED) is 0.422. The number of nitrogens with one attached hydrogen (secondary N) is 1. The van der Waals surface area contributed by atoms with Crippen molar-refractivity contribution in [3.63, 3.8) is 0 Å². The average Bonchev–Trinajstić information content (AvgIpc) is 3.16. The van der Waals surface area contributed by atoms with Crippen molar-refractivity contribution in [2.45, 2.75) is 30.7 Å². The highest BCUT2D eigenvalue weighted by Gasteiger charge is 2.19. The molecule has 0 aliphatic carbocycles. The lowest BCUT2D eigenvalue weighted by atomic mass is 10.0. The van der Waals surface area contributed by atoms with E-state index in [1.165, 1.54) is 18.7 Å². The summed E-state index contributed by atoms with van der Waals surface area (Å²) in [4.78, 5) is 28.2. The van der Waals surface area contributed by atoms with E-state index in [0.717, 1.165) is 22.8 Å². The van der Waals surface area contributed by atoms with E-state index >= 15 is 0 Å². The van der Waals surface area contributed by atoms with E-state index in [2.05, 4.69) is 10.3 Å². The summed E-state index contributed by atoms with van der Waals surface area (Å²) in [6, 6.07) is 15.0. The second-order valence-corrected chi connectivity index (χ2v) is 8.35. The predicted octanol–water partition coefficient (Wildman–Crippen LogP) is 4.57. The molecule has 0 fully saturated rings. The van der Waals surface area contributed by atoms with Crippen LogP contribution in [0.3, 0.4) is 0 Å². The van der Waals surface area contributed by atoms with Gasteiger partial charge < -0.3 is 5.32 Å². The fourth-order valence-electron chi connectivity index (χ4n) is 2.84. The molecule has 7 heteroatoms. The van der Waals surface area contributed by atoms with Crippen molar-refractivity contribution in [3.8, 4) is 5.69 Å². The van der Waals surface area contributed by atoms with Crippen molar-refractivity contribution < 1.29 is 9.59 Å². The predicted molar refractivity (Wildman–Crippen MR) is 117 cm³/mol. The van der Waals surface area contributed by atoms with E-state index in [-0.39, 0.29) is 16.9 Å². The second kappa shape index (κ2) is 9.76. The summed E-state index contributed by atoms with van der Waals surface area (Å²) in [5.41, 5.74) is 2.68. The molecule has 29 heavy (non-hydrogen) atoms. The Morgan fingerprint density at radius 2 is 1.83 bits per heavy atom. The van der Waals surface area contributed by atoms with Gasteiger partial charge in [-0.3, -0.25) is 14.2 Å². The molecular weight excluding hydrogens is 406 g/mol. The minimum Gasteiger partial charge on any atom is -0.356 e. The number of thioether (sulfide) groups is 1. The number of carbonyl (C=O) groups excluding carboxylic acids is 2. The Balaban J connectivity index is 1.65. The highest BCUT2D eigenvalue weighted by Crippen LogP contribution is 2.27. The van der Waals surface area contributed by atoms with Crippen molar-refractivity contribution in [3.05, 3.63) is 77.1 Å². The topological polar surface area (TPSA) is 64.0 Å². The van der Waals surface area contributed by atoms with Crippen LogP contribution in [0.25, 0.3) is 5.69 Å². The zero-order valence-electron chi connectivity index (χ0n) is 16.3. The van der Waals surface area contributed by atoms with Crippen LogP contribution in [0.15, 0.2) is 66.1 Å². The van der Waals surface area contributed by atoms with Gasteiger partial charge in [-0.1, -0.05) is 47.6 Å². The van der Waals surface area contributed by atoms with E-state index in [1.807, 2.05) is 66.2 Å². The average molecular weight is 428 g/mol. The molecule has 0 bridgehead atoms. The zero-order valence-corrected chi connectivity index (χ0v) is 17.8. The number of amides is 1. The Kier molecular flexibility index (Phi) is 7.12. The Hall–Kier alpha value is -2.57. The minimum atomic E-state index is -0.284. The van der Waals surface area contributed by atoms with Gasteiger partial charge in [0.05, 0.1) is 5.25 Å². The summed E-state index contributed by atoms with van der Waals surface area (Å²) in [7, 11) is 0. The fraction of sp³-hybridized carbons (Fsp3) is 0.227. The highest BCUT2D eigenvalue weighted by molar-refractivity contribution is 8.00. The number of benzene rings is 2. The molecule has 3 aromatic rings. The molecule has 1 N–H and O–H groups in total. The van der Waals surface area contributed by atoms with Gasteiger partial charge in [-0.15, -0.1) is 0 Å². The summed E-state index contributed by atoms with van der Waals surface area (Å²) < 4.78 is 1.94. The van der Waals surface area contributed by atoms with E-state index in [0.29, 0.717) is 17.1 Å². The van der Waals surface area contributed by atoms with Crippen LogP contribution in [-0.2, 0) is 11.2 Å². The van der Waals surface area contributed by atoms with Crippen molar-refractivity contribution in [2.75, 3.05) is 6.54 Å². The molecule has 5 nitrogen and oxygen atoms in total. The number of nitrogens with zero attached hydrogens (tertiary/aromatic N) is 2. The van der Waals surface area contributed by atoms with E-state index in [4.69, 9.17) is 11.6 Å². The Labute approximate surface area is 179 Å². The maximum Gasteiger partial charge on any atom is 0.216 e. The Morgan fingerprint density at radius 3 is 2.48 bits per heavy atom. The molecule has 1 amide bonds. The van der Waals surface area contributed by atoms with Crippen LogP contribution < -0.4 is 5.32 Å². The number of hydrogen-bond acceptors (Lipinski definition) is 4. The summed E-state index contributed by atoms with van der Waals surface area (Å²) in [5, 5.41) is 3.91. The maximum atomic E-state index is 12.8. The number of ketones is 1. The Morgan fingerprint density at radius 1 is 1.14 bits per heavy atom. The summed E-state index contributed by atoms with van der Waals surface area (Å²) in [6.07, 6.45) is 4.32. The molecule has 0 radical (unpaired) electrons. The zero-order chi connectivity index (χ0) is 20.8. The molecule has 1 heterocycles. The summed E-state index contributed by atoms with van der Waals surface area (Å²) in [5.74, 6) is 0.00803. The largest absolute Gasteiger partial charge is 0.356 e. The van der Waals surface area contributed by atoms with Crippen LogP contribution in [-0.4, -0.2) is 33.0 Å². The first-order chi connectivity index (χ1) is 13.9. The van der Waals surface area contributed by atoms with Crippen LogP contribution in [0.1, 0.15) is 29.8 Å². The van der Waals surface area contributed by atoms with Gasteiger partial charge in [0.25, 0.3) is 0 Å². The SMILES string of the molecule is CC(=O)NCCc1ccc(C(=O)[C@@H](C)Sc2nccn2-c2ccc(Cl)cc2)cc1. The second-order valence-electron chi connectivity index (χ2n) is 6.61. The summed E-state index contributed by atoms with van der Waals surface area (Å²) >= 11 is 7.39. The van der Waals surface area contributed by atoms with Gasteiger partial charge in [-0.25, -0.2) is 4.98 Å². The number of hydrogen-bond donors (Lipinski definition) is 1. The fourth-order valence-corrected chi connectivity index (χ4v) is 3.93. The normalized spacial score (nSPS) is 11.8. The first kappa shape index (κ1) is 21.1. The maximum absolute atomic E-state index is 12.8. The number of carbonyl (C=O) groups is 2. The van der Waals surface area contributed by atoms with Crippen LogP contribution in [0.4, 0.5) is 0 Å². The molecule has 0 spiro atoms. The first-order valence-corrected chi connectivity index (χ1v) is 10.5. The van der Waals surface area contributed by atoms with Gasteiger partial charge in [0.15, 0.2) is 10.9 Å². The number of Topliss-reactive ketones (excluding diaryl/α,β-unsaturated/α-hetero) is 1. The van der Waals surface area contributed by atoms with Crippen molar-refractivity contribution in [2.24, 2.45) is 0 Å². The van der Waals surface area contributed by atoms with Crippen LogP contribution in [0.5, 0.6) is 0 Å². The molecule has 0 aliphatic rings.